The van der Waals surface area contributed by atoms with Crippen LogP contribution < -0.4 is 10.2 Å². The molecule has 0 radical (unpaired) electrons. The lowest BCUT2D eigenvalue weighted by molar-refractivity contribution is 0.0931. The molecule has 7 heteroatoms. The molecule has 2 heterocycles. The molecule has 1 N–H and O–H groups in total. The molecule has 1 aromatic heterocycles. The average molecular weight is 279 g/mol. The maximum Gasteiger partial charge on any atom is 0.271 e. The van der Waals surface area contributed by atoms with Crippen LogP contribution in [-0.2, 0) is 4.74 Å². The van der Waals surface area contributed by atoms with E-state index in [-0.39, 0.29) is 5.91 Å². The van der Waals surface area contributed by atoms with Crippen LogP contribution in [0.4, 0.5) is 5.82 Å². The van der Waals surface area contributed by atoms with Crippen LogP contribution in [0.5, 0.6) is 0 Å². The van der Waals surface area contributed by atoms with Crippen molar-refractivity contribution in [2.24, 2.45) is 0 Å². The van der Waals surface area contributed by atoms with Crippen LogP contribution in [0, 0.1) is 0 Å². The van der Waals surface area contributed by atoms with Gasteiger partial charge in [-0.1, -0.05) is 0 Å². The van der Waals surface area contributed by atoms with Crippen LogP contribution >= 0.6 is 0 Å². The molecule has 7 nitrogen and oxygen atoms in total. The van der Waals surface area contributed by atoms with Crippen molar-refractivity contribution in [2.45, 2.75) is 0 Å². The average Bonchev–Trinajstić information content (AvgIpc) is 2.48. The minimum absolute atomic E-state index is 0.223. The minimum Gasteiger partial charge on any atom is -0.383 e. The number of hydrogen-bond acceptors (Lipinski definition) is 6. The number of likely N-dealkylation sites (N-methyl/N-ethyl adjacent to an activating group) is 1. The number of carbonyl (C=O) groups is 1. The molecule has 0 aromatic carbocycles. The summed E-state index contributed by atoms with van der Waals surface area (Å²) in [7, 11) is 3.70. The van der Waals surface area contributed by atoms with Crippen molar-refractivity contribution in [2.75, 3.05) is 58.4 Å². The number of aromatic nitrogens is 2. The summed E-state index contributed by atoms with van der Waals surface area (Å²) in [6, 6.07) is 3.56. The zero-order valence-corrected chi connectivity index (χ0v) is 12.0. The predicted octanol–water partition coefficient (Wildman–Crippen LogP) is -0.395. The summed E-state index contributed by atoms with van der Waals surface area (Å²) in [5.74, 6) is 0.603. The molecular weight excluding hydrogens is 258 g/mol. The van der Waals surface area contributed by atoms with Gasteiger partial charge in [-0.25, -0.2) is 0 Å². The molecular formula is C13H21N5O2. The monoisotopic (exact) mass is 279 g/mol. The second kappa shape index (κ2) is 7.16. The molecule has 1 aliphatic heterocycles. The Labute approximate surface area is 118 Å². The van der Waals surface area contributed by atoms with Gasteiger partial charge in [-0.05, 0) is 19.2 Å². The Balaban J connectivity index is 1.90. The van der Waals surface area contributed by atoms with Crippen LogP contribution in [0.1, 0.15) is 10.5 Å². The van der Waals surface area contributed by atoms with E-state index in [0.29, 0.717) is 18.8 Å². The third kappa shape index (κ3) is 3.88. The van der Waals surface area contributed by atoms with Crippen molar-refractivity contribution in [3.8, 4) is 0 Å². The number of hydrogen-bond donors (Lipinski definition) is 1. The fourth-order valence-electron chi connectivity index (χ4n) is 2.01. The molecule has 0 atom stereocenters. The van der Waals surface area contributed by atoms with E-state index in [9.17, 15) is 4.79 Å². The van der Waals surface area contributed by atoms with Crippen LogP contribution in [0.25, 0.3) is 0 Å². The number of ether oxygens (including phenoxy) is 1. The molecule has 2 rings (SSSR count). The van der Waals surface area contributed by atoms with Gasteiger partial charge in [0.05, 0.1) is 6.61 Å². The largest absolute Gasteiger partial charge is 0.383 e. The van der Waals surface area contributed by atoms with Gasteiger partial charge in [-0.2, -0.15) is 0 Å². The highest BCUT2D eigenvalue weighted by molar-refractivity contribution is 5.92. The van der Waals surface area contributed by atoms with Crippen molar-refractivity contribution in [1.82, 2.24) is 20.4 Å². The number of methoxy groups -OCH3 is 1. The molecule has 110 valence electrons. The first-order chi connectivity index (χ1) is 9.70. The zero-order chi connectivity index (χ0) is 14.4. The Kier molecular flexibility index (Phi) is 5.25. The number of carbonyl (C=O) groups excluding carboxylic acids is 1. The van der Waals surface area contributed by atoms with Crippen molar-refractivity contribution < 1.29 is 9.53 Å². The lowest BCUT2D eigenvalue weighted by Crippen LogP contribution is -2.44. The zero-order valence-electron chi connectivity index (χ0n) is 12.0. The molecule has 1 amide bonds. The van der Waals surface area contributed by atoms with Crippen molar-refractivity contribution in [3.63, 3.8) is 0 Å². The molecule has 0 unspecified atom stereocenters. The fraction of sp³-hybridized carbons (Fsp3) is 0.615. The first kappa shape index (κ1) is 14.7. The van der Waals surface area contributed by atoms with E-state index in [1.807, 2.05) is 6.07 Å². The topological polar surface area (TPSA) is 70.6 Å². The normalized spacial score (nSPS) is 16.2. The van der Waals surface area contributed by atoms with E-state index in [1.165, 1.54) is 0 Å². The van der Waals surface area contributed by atoms with E-state index < -0.39 is 0 Å². The summed E-state index contributed by atoms with van der Waals surface area (Å²) in [5, 5.41) is 10.9. The lowest BCUT2D eigenvalue weighted by atomic mass is 10.3. The summed E-state index contributed by atoms with van der Waals surface area (Å²) in [4.78, 5) is 16.2. The Morgan fingerprint density at radius 1 is 1.30 bits per heavy atom. The van der Waals surface area contributed by atoms with Gasteiger partial charge in [-0.3, -0.25) is 4.79 Å². The fourth-order valence-corrected chi connectivity index (χ4v) is 2.01. The van der Waals surface area contributed by atoms with Gasteiger partial charge in [0, 0.05) is 39.8 Å². The highest BCUT2D eigenvalue weighted by Crippen LogP contribution is 2.11. The Bertz CT molecular complexity index is 429. The van der Waals surface area contributed by atoms with E-state index in [1.54, 1.807) is 13.2 Å². The van der Waals surface area contributed by atoms with Gasteiger partial charge in [0.25, 0.3) is 5.91 Å². The predicted molar refractivity (Wildman–Crippen MR) is 76.0 cm³/mol. The van der Waals surface area contributed by atoms with Gasteiger partial charge in [0.15, 0.2) is 11.5 Å². The first-order valence-electron chi connectivity index (χ1n) is 6.75. The van der Waals surface area contributed by atoms with E-state index in [2.05, 4.69) is 32.4 Å². The Morgan fingerprint density at radius 3 is 2.65 bits per heavy atom. The molecule has 0 bridgehead atoms. The van der Waals surface area contributed by atoms with Gasteiger partial charge in [0.1, 0.15) is 0 Å². The summed E-state index contributed by atoms with van der Waals surface area (Å²) in [5.41, 5.74) is 0.332. The molecule has 20 heavy (non-hydrogen) atoms. The van der Waals surface area contributed by atoms with Crippen LogP contribution in [-0.4, -0.2) is 74.5 Å². The molecule has 0 aliphatic carbocycles. The van der Waals surface area contributed by atoms with Gasteiger partial charge >= 0.3 is 0 Å². The van der Waals surface area contributed by atoms with Gasteiger partial charge in [-0.15, -0.1) is 10.2 Å². The van der Waals surface area contributed by atoms with Crippen molar-refractivity contribution in [3.05, 3.63) is 17.8 Å². The molecule has 1 aliphatic rings. The third-order valence-electron chi connectivity index (χ3n) is 3.30. The number of nitrogens with zero attached hydrogens (tertiary/aromatic N) is 4. The minimum atomic E-state index is -0.223. The smallest absolute Gasteiger partial charge is 0.271 e. The van der Waals surface area contributed by atoms with E-state index in [0.717, 1.165) is 32.0 Å². The third-order valence-corrected chi connectivity index (χ3v) is 3.30. The number of nitrogens with one attached hydrogen (secondary N) is 1. The number of anilines is 1. The lowest BCUT2D eigenvalue weighted by Gasteiger charge is -2.32. The molecule has 0 spiro atoms. The number of piperazine rings is 1. The Morgan fingerprint density at radius 2 is 2.05 bits per heavy atom. The van der Waals surface area contributed by atoms with Crippen molar-refractivity contribution in [1.29, 1.82) is 0 Å². The van der Waals surface area contributed by atoms with Crippen LogP contribution in [0.15, 0.2) is 12.1 Å². The standard InChI is InChI=1S/C13H21N5O2/c1-17-6-8-18(9-7-17)12-4-3-11(15-16-12)13(19)14-5-10-20-2/h3-4H,5-10H2,1-2H3,(H,14,19). The summed E-state index contributed by atoms with van der Waals surface area (Å²) < 4.78 is 4.87. The summed E-state index contributed by atoms with van der Waals surface area (Å²) in [6.45, 7) is 4.85. The molecule has 0 saturated carbocycles. The SMILES string of the molecule is COCCNC(=O)c1ccc(N2CCN(C)CC2)nn1. The number of amides is 1. The van der Waals surface area contributed by atoms with Crippen LogP contribution in [0.3, 0.4) is 0 Å². The van der Waals surface area contributed by atoms with Crippen LogP contribution in [0.2, 0.25) is 0 Å². The van der Waals surface area contributed by atoms with Gasteiger partial charge < -0.3 is 19.9 Å². The van der Waals surface area contributed by atoms with E-state index >= 15 is 0 Å². The summed E-state index contributed by atoms with van der Waals surface area (Å²) in [6.07, 6.45) is 0. The quantitative estimate of drug-likeness (QED) is 0.740. The first-order valence-corrected chi connectivity index (χ1v) is 6.75. The number of rotatable bonds is 5. The highest BCUT2D eigenvalue weighted by atomic mass is 16.5. The maximum absolute atomic E-state index is 11.8. The molecule has 1 fully saturated rings. The second-order valence-corrected chi connectivity index (χ2v) is 4.82. The molecule has 1 aromatic rings. The molecule has 1 saturated heterocycles. The van der Waals surface area contributed by atoms with Gasteiger partial charge in [0.2, 0.25) is 0 Å². The van der Waals surface area contributed by atoms with Crippen molar-refractivity contribution >= 4 is 11.7 Å². The van der Waals surface area contributed by atoms with E-state index in [4.69, 9.17) is 4.74 Å². The Hall–Kier alpha value is -1.73. The summed E-state index contributed by atoms with van der Waals surface area (Å²) >= 11 is 0. The highest BCUT2D eigenvalue weighted by Gasteiger charge is 2.16. The second-order valence-electron chi connectivity index (χ2n) is 4.82. The maximum atomic E-state index is 11.8.